The van der Waals surface area contributed by atoms with Crippen LogP contribution in [0.2, 0.25) is 10.0 Å². The normalized spacial score (nSPS) is 10.8. The molecule has 1 aromatic carbocycles. The van der Waals surface area contributed by atoms with Crippen LogP contribution in [0.1, 0.15) is 36.3 Å². The van der Waals surface area contributed by atoms with E-state index in [9.17, 15) is 4.79 Å². The summed E-state index contributed by atoms with van der Waals surface area (Å²) >= 11 is 12.0. The number of carbonyl (C=O) groups excluding carboxylic acids is 1. The molecule has 0 aliphatic carbocycles. The van der Waals surface area contributed by atoms with Crippen LogP contribution in [0.3, 0.4) is 0 Å². The van der Waals surface area contributed by atoms with E-state index in [2.05, 4.69) is 34.4 Å². The van der Waals surface area contributed by atoms with Crippen LogP contribution >= 0.6 is 23.2 Å². The van der Waals surface area contributed by atoms with Crippen molar-refractivity contribution in [3.63, 3.8) is 0 Å². The maximum atomic E-state index is 12.2. The molecule has 0 fully saturated rings. The first-order valence-corrected chi connectivity index (χ1v) is 8.99. The van der Waals surface area contributed by atoms with Crippen LogP contribution in [0.25, 0.3) is 0 Å². The summed E-state index contributed by atoms with van der Waals surface area (Å²) in [6, 6.07) is 6.99. The minimum absolute atomic E-state index is 0.237. The maximum Gasteiger partial charge on any atom is 0.270 e. The second kappa shape index (κ2) is 9.59. The quantitative estimate of drug-likeness (QED) is 0.719. The highest BCUT2D eigenvalue weighted by Gasteiger charge is 2.09. The van der Waals surface area contributed by atoms with Crippen LogP contribution < -0.4 is 10.6 Å². The Balaban J connectivity index is 1.86. The summed E-state index contributed by atoms with van der Waals surface area (Å²) in [7, 11) is 0. The maximum absolute atomic E-state index is 12.2. The molecule has 0 aliphatic heterocycles. The standard InChI is InChI=1S/C18H22Cl2N4O/c1-12(2)5-7-21-17-10-16(23-11-24-17)18(25)22-8-6-13-3-4-14(19)9-15(13)20/h3-4,9-12H,5-8H2,1-2H3,(H,22,25)(H,21,23,24). The first-order chi connectivity index (χ1) is 12.0. The Bertz CT molecular complexity index is 722. The van der Waals surface area contributed by atoms with Crippen molar-refractivity contribution in [1.82, 2.24) is 15.3 Å². The predicted octanol–water partition coefficient (Wildman–Crippen LogP) is 4.21. The molecule has 0 atom stereocenters. The van der Waals surface area contributed by atoms with Crippen LogP contribution in [-0.4, -0.2) is 29.0 Å². The van der Waals surface area contributed by atoms with Crippen molar-refractivity contribution in [3.05, 3.63) is 51.9 Å². The molecule has 134 valence electrons. The number of nitrogens with zero attached hydrogens (tertiary/aromatic N) is 2. The number of rotatable bonds is 8. The van der Waals surface area contributed by atoms with E-state index in [1.807, 2.05) is 6.07 Å². The Labute approximate surface area is 158 Å². The summed E-state index contributed by atoms with van der Waals surface area (Å²) < 4.78 is 0. The van der Waals surface area contributed by atoms with Gasteiger partial charge in [0.1, 0.15) is 17.8 Å². The van der Waals surface area contributed by atoms with Gasteiger partial charge in [-0.05, 0) is 36.5 Å². The first-order valence-electron chi connectivity index (χ1n) is 8.23. The largest absolute Gasteiger partial charge is 0.370 e. The van der Waals surface area contributed by atoms with Crippen LogP contribution in [0.5, 0.6) is 0 Å². The van der Waals surface area contributed by atoms with E-state index >= 15 is 0 Å². The second-order valence-corrected chi connectivity index (χ2v) is 6.98. The van der Waals surface area contributed by atoms with Crippen molar-refractivity contribution in [2.75, 3.05) is 18.4 Å². The molecule has 0 saturated carbocycles. The topological polar surface area (TPSA) is 66.9 Å². The molecule has 0 spiro atoms. The van der Waals surface area contributed by atoms with Crippen molar-refractivity contribution in [3.8, 4) is 0 Å². The Morgan fingerprint density at radius 3 is 2.68 bits per heavy atom. The molecule has 2 rings (SSSR count). The fourth-order valence-electron chi connectivity index (χ4n) is 2.19. The number of nitrogens with one attached hydrogen (secondary N) is 2. The van der Waals surface area contributed by atoms with E-state index < -0.39 is 0 Å². The molecule has 2 aromatic rings. The molecule has 1 aromatic heterocycles. The van der Waals surface area contributed by atoms with Gasteiger partial charge in [0.2, 0.25) is 0 Å². The fraction of sp³-hybridized carbons (Fsp3) is 0.389. The molecule has 0 unspecified atom stereocenters. The molecule has 5 nitrogen and oxygen atoms in total. The molecule has 1 heterocycles. The van der Waals surface area contributed by atoms with Gasteiger partial charge in [0.05, 0.1) is 0 Å². The Hall–Kier alpha value is -1.85. The highest BCUT2D eigenvalue weighted by molar-refractivity contribution is 6.35. The van der Waals surface area contributed by atoms with Gasteiger partial charge in [-0.1, -0.05) is 43.1 Å². The van der Waals surface area contributed by atoms with Gasteiger partial charge in [-0.2, -0.15) is 0 Å². The Morgan fingerprint density at radius 2 is 1.96 bits per heavy atom. The van der Waals surface area contributed by atoms with Gasteiger partial charge in [-0.15, -0.1) is 0 Å². The molecule has 0 bridgehead atoms. The van der Waals surface area contributed by atoms with E-state index in [1.165, 1.54) is 6.33 Å². The van der Waals surface area contributed by atoms with Gasteiger partial charge in [-0.3, -0.25) is 4.79 Å². The van der Waals surface area contributed by atoms with E-state index in [0.717, 1.165) is 18.5 Å². The minimum Gasteiger partial charge on any atom is -0.370 e. The number of halogens is 2. The number of hydrogen-bond donors (Lipinski definition) is 2. The first kappa shape index (κ1) is 19.5. The molecule has 2 N–H and O–H groups in total. The summed E-state index contributed by atoms with van der Waals surface area (Å²) in [6.07, 6.45) is 3.04. The number of hydrogen-bond acceptors (Lipinski definition) is 4. The molecule has 0 saturated heterocycles. The summed E-state index contributed by atoms with van der Waals surface area (Å²) in [5, 5.41) is 7.24. The van der Waals surface area contributed by atoms with E-state index in [0.29, 0.717) is 40.4 Å². The van der Waals surface area contributed by atoms with Crippen molar-refractivity contribution in [2.24, 2.45) is 5.92 Å². The Morgan fingerprint density at radius 1 is 1.16 bits per heavy atom. The summed E-state index contributed by atoms with van der Waals surface area (Å²) in [5.41, 5.74) is 1.27. The number of benzene rings is 1. The lowest BCUT2D eigenvalue weighted by Crippen LogP contribution is -2.26. The van der Waals surface area contributed by atoms with Gasteiger partial charge >= 0.3 is 0 Å². The number of amides is 1. The van der Waals surface area contributed by atoms with Crippen LogP contribution in [0.15, 0.2) is 30.6 Å². The lowest BCUT2D eigenvalue weighted by Gasteiger charge is -2.09. The van der Waals surface area contributed by atoms with Crippen molar-refractivity contribution in [2.45, 2.75) is 26.7 Å². The highest BCUT2D eigenvalue weighted by atomic mass is 35.5. The monoisotopic (exact) mass is 380 g/mol. The predicted molar refractivity (Wildman–Crippen MR) is 102 cm³/mol. The average Bonchev–Trinajstić information content (AvgIpc) is 2.56. The third-order valence-corrected chi connectivity index (χ3v) is 4.21. The molecule has 0 aliphatic rings. The van der Waals surface area contributed by atoms with Crippen LogP contribution in [0, 0.1) is 5.92 Å². The zero-order chi connectivity index (χ0) is 18.2. The van der Waals surface area contributed by atoms with Gasteiger partial charge < -0.3 is 10.6 Å². The second-order valence-electron chi connectivity index (χ2n) is 6.14. The van der Waals surface area contributed by atoms with Crippen molar-refractivity contribution < 1.29 is 4.79 Å². The van der Waals surface area contributed by atoms with Crippen LogP contribution in [-0.2, 0) is 6.42 Å². The van der Waals surface area contributed by atoms with Crippen molar-refractivity contribution in [1.29, 1.82) is 0 Å². The molecule has 25 heavy (non-hydrogen) atoms. The minimum atomic E-state index is -0.237. The van der Waals surface area contributed by atoms with Gasteiger partial charge in [0, 0.05) is 29.2 Å². The van der Waals surface area contributed by atoms with E-state index in [-0.39, 0.29) is 5.91 Å². The molecule has 1 amide bonds. The molecular weight excluding hydrogens is 359 g/mol. The molecular formula is C18H22Cl2N4O. The third kappa shape index (κ3) is 6.52. The van der Waals surface area contributed by atoms with E-state index in [1.54, 1.807) is 18.2 Å². The fourth-order valence-corrected chi connectivity index (χ4v) is 2.70. The molecule has 7 heteroatoms. The summed E-state index contributed by atoms with van der Waals surface area (Å²) in [5.74, 6) is 1.03. The van der Waals surface area contributed by atoms with Crippen molar-refractivity contribution >= 4 is 34.9 Å². The number of aromatic nitrogens is 2. The SMILES string of the molecule is CC(C)CCNc1cc(C(=O)NCCc2ccc(Cl)cc2Cl)ncn1. The van der Waals surface area contributed by atoms with Gasteiger partial charge in [-0.25, -0.2) is 9.97 Å². The van der Waals surface area contributed by atoms with Crippen LogP contribution in [0.4, 0.5) is 5.82 Å². The zero-order valence-electron chi connectivity index (χ0n) is 14.4. The lowest BCUT2D eigenvalue weighted by molar-refractivity contribution is 0.0949. The summed E-state index contributed by atoms with van der Waals surface area (Å²) in [6.45, 7) is 5.59. The smallest absolute Gasteiger partial charge is 0.270 e. The number of anilines is 1. The summed E-state index contributed by atoms with van der Waals surface area (Å²) in [4.78, 5) is 20.4. The van der Waals surface area contributed by atoms with E-state index in [4.69, 9.17) is 23.2 Å². The lowest BCUT2D eigenvalue weighted by atomic mass is 10.1. The highest BCUT2D eigenvalue weighted by Crippen LogP contribution is 2.21. The average molecular weight is 381 g/mol. The zero-order valence-corrected chi connectivity index (χ0v) is 15.9. The Kier molecular flexibility index (Phi) is 7.47. The van der Waals surface area contributed by atoms with Gasteiger partial charge in [0.15, 0.2) is 0 Å². The van der Waals surface area contributed by atoms with Gasteiger partial charge in [0.25, 0.3) is 5.91 Å². The number of carbonyl (C=O) groups is 1. The third-order valence-electron chi connectivity index (χ3n) is 3.62. The molecule has 0 radical (unpaired) electrons.